The number of nitrogens with zero attached hydrogens (tertiary/aromatic N) is 3. The minimum atomic E-state index is -0.962. The Bertz CT molecular complexity index is 1050. The number of hydrogen-bond acceptors (Lipinski definition) is 6. The molecule has 0 aliphatic carbocycles. The summed E-state index contributed by atoms with van der Waals surface area (Å²) in [5.41, 5.74) is 6.40. The van der Waals surface area contributed by atoms with E-state index in [0.29, 0.717) is 12.2 Å². The summed E-state index contributed by atoms with van der Waals surface area (Å²) in [6.45, 7) is 4.00. The van der Waals surface area contributed by atoms with Gasteiger partial charge < -0.3 is 15.0 Å². The minimum Gasteiger partial charge on any atom is -0.440 e. The molecular weight excluding hydrogens is 336 g/mol. The molecule has 132 valence electrons. The molecule has 0 bridgehead atoms. The monoisotopic (exact) mass is 352 g/mol. The lowest BCUT2D eigenvalue weighted by molar-refractivity contribution is -0.385. The van der Waals surface area contributed by atoms with Crippen molar-refractivity contribution in [2.45, 2.75) is 26.3 Å². The lowest BCUT2D eigenvalue weighted by Crippen LogP contribution is -2.32. The molecule has 2 heterocycles. The fourth-order valence-electron chi connectivity index (χ4n) is 3.29. The molecule has 1 atom stereocenters. The van der Waals surface area contributed by atoms with Crippen molar-refractivity contribution >= 4 is 5.69 Å². The smallest absolute Gasteiger partial charge is 0.273 e. The van der Waals surface area contributed by atoms with E-state index in [1.54, 1.807) is 19.1 Å². The number of allylic oxidation sites excluding steroid dienone is 1. The van der Waals surface area contributed by atoms with Gasteiger partial charge in [0.25, 0.3) is 11.2 Å². The van der Waals surface area contributed by atoms with Crippen molar-refractivity contribution in [3.05, 3.63) is 79.1 Å². The van der Waals surface area contributed by atoms with E-state index in [4.69, 9.17) is 10.5 Å². The summed E-state index contributed by atoms with van der Waals surface area (Å²) in [6.07, 6.45) is 0. The lowest BCUT2D eigenvalue weighted by Gasteiger charge is -2.27. The Kier molecular flexibility index (Phi) is 4.22. The van der Waals surface area contributed by atoms with Crippen LogP contribution in [-0.2, 0) is 6.54 Å². The number of aryl methyl sites for hydroxylation is 1. The second-order valence-corrected chi connectivity index (χ2v) is 5.85. The molecule has 26 heavy (non-hydrogen) atoms. The first-order valence-corrected chi connectivity index (χ1v) is 7.95. The zero-order valence-corrected chi connectivity index (χ0v) is 14.2. The highest BCUT2D eigenvalue weighted by Gasteiger charge is 2.37. The van der Waals surface area contributed by atoms with Crippen LogP contribution < -0.4 is 16.0 Å². The summed E-state index contributed by atoms with van der Waals surface area (Å²) < 4.78 is 7.03. The highest BCUT2D eigenvalue weighted by atomic mass is 16.6. The summed E-state index contributed by atoms with van der Waals surface area (Å²) in [5.74, 6) is -0.899. The second kappa shape index (κ2) is 6.37. The number of pyridine rings is 1. The van der Waals surface area contributed by atoms with Gasteiger partial charge in [-0.1, -0.05) is 18.2 Å². The Hall–Kier alpha value is -3.60. The van der Waals surface area contributed by atoms with Crippen LogP contribution in [0.25, 0.3) is 0 Å². The van der Waals surface area contributed by atoms with Gasteiger partial charge in [0.15, 0.2) is 0 Å². The molecule has 2 aromatic rings. The number of fused-ring (bicyclic) bond motifs is 1. The predicted octanol–water partition coefficient (Wildman–Crippen LogP) is 2.30. The summed E-state index contributed by atoms with van der Waals surface area (Å²) in [7, 11) is 0. The van der Waals surface area contributed by atoms with Crippen molar-refractivity contribution in [1.82, 2.24) is 4.57 Å². The van der Waals surface area contributed by atoms with Crippen LogP contribution in [0.4, 0.5) is 5.69 Å². The fourth-order valence-corrected chi connectivity index (χ4v) is 3.29. The molecule has 0 saturated heterocycles. The van der Waals surface area contributed by atoms with Crippen LogP contribution in [0.15, 0.2) is 46.6 Å². The summed E-state index contributed by atoms with van der Waals surface area (Å²) >= 11 is 0. The van der Waals surface area contributed by atoms with Crippen LogP contribution in [-0.4, -0.2) is 9.49 Å². The highest BCUT2D eigenvalue weighted by molar-refractivity contribution is 5.59. The zero-order valence-electron chi connectivity index (χ0n) is 14.2. The number of nitriles is 1. The van der Waals surface area contributed by atoms with E-state index >= 15 is 0 Å². The third-order valence-corrected chi connectivity index (χ3v) is 4.45. The number of nitro groups is 1. The third kappa shape index (κ3) is 2.50. The van der Waals surface area contributed by atoms with E-state index in [-0.39, 0.29) is 39.6 Å². The molecule has 0 radical (unpaired) electrons. The molecule has 1 aliphatic rings. The van der Waals surface area contributed by atoms with Crippen molar-refractivity contribution in [3.63, 3.8) is 0 Å². The average molecular weight is 352 g/mol. The van der Waals surface area contributed by atoms with E-state index in [0.717, 1.165) is 0 Å². The number of para-hydroxylation sites is 1. The van der Waals surface area contributed by atoms with Crippen molar-refractivity contribution in [3.8, 4) is 11.8 Å². The Balaban J connectivity index is 2.41. The Labute approximate surface area is 148 Å². The van der Waals surface area contributed by atoms with E-state index in [1.165, 1.54) is 22.8 Å². The second-order valence-electron chi connectivity index (χ2n) is 5.85. The molecule has 2 N–H and O–H groups in total. The maximum Gasteiger partial charge on any atom is 0.273 e. The molecule has 3 rings (SSSR count). The van der Waals surface area contributed by atoms with Gasteiger partial charge in [-0.05, 0) is 13.8 Å². The number of benzene rings is 1. The minimum absolute atomic E-state index is 0.0181. The van der Waals surface area contributed by atoms with Gasteiger partial charge in [-0.25, -0.2) is 0 Å². The summed E-state index contributed by atoms with van der Waals surface area (Å²) in [5, 5.41) is 21.0. The largest absolute Gasteiger partial charge is 0.440 e. The normalized spacial score (nSPS) is 15.8. The van der Waals surface area contributed by atoms with Gasteiger partial charge in [0.05, 0.1) is 16.4 Å². The van der Waals surface area contributed by atoms with Gasteiger partial charge in [0, 0.05) is 29.9 Å². The van der Waals surface area contributed by atoms with Gasteiger partial charge in [-0.15, -0.1) is 0 Å². The van der Waals surface area contributed by atoms with Gasteiger partial charge >= 0.3 is 0 Å². The first-order valence-electron chi connectivity index (χ1n) is 7.95. The van der Waals surface area contributed by atoms with E-state index in [1.807, 2.05) is 13.0 Å². The van der Waals surface area contributed by atoms with Crippen LogP contribution >= 0.6 is 0 Å². The average Bonchev–Trinajstić information content (AvgIpc) is 2.60. The Morgan fingerprint density at radius 1 is 1.42 bits per heavy atom. The summed E-state index contributed by atoms with van der Waals surface area (Å²) in [4.78, 5) is 24.0. The van der Waals surface area contributed by atoms with Gasteiger partial charge in [-0.2, -0.15) is 5.26 Å². The maximum atomic E-state index is 13.0. The van der Waals surface area contributed by atoms with E-state index in [9.17, 15) is 20.2 Å². The SMILES string of the molecule is CCn1c(C)cc2c(c1=O)[C@@H](c1ccccc1[N+](=O)[O-])C(C#N)=C(N)O2. The van der Waals surface area contributed by atoms with Crippen molar-refractivity contribution in [1.29, 1.82) is 5.26 Å². The van der Waals surface area contributed by atoms with Crippen molar-refractivity contribution in [2.24, 2.45) is 5.73 Å². The number of rotatable bonds is 3. The van der Waals surface area contributed by atoms with E-state index in [2.05, 4.69) is 0 Å². The first kappa shape index (κ1) is 17.2. The van der Waals surface area contributed by atoms with Crippen LogP contribution in [0.3, 0.4) is 0 Å². The lowest BCUT2D eigenvalue weighted by atomic mass is 9.83. The number of nitro benzene ring substituents is 1. The number of aromatic nitrogens is 1. The molecule has 1 aromatic heterocycles. The first-order chi connectivity index (χ1) is 12.4. The van der Waals surface area contributed by atoms with Gasteiger partial charge in [-0.3, -0.25) is 14.9 Å². The number of ether oxygens (including phenoxy) is 1. The molecule has 0 saturated carbocycles. The molecule has 8 nitrogen and oxygen atoms in total. The van der Waals surface area contributed by atoms with Crippen molar-refractivity contribution < 1.29 is 9.66 Å². The Morgan fingerprint density at radius 2 is 2.12 bits per heavy atom. The number of nitrogens with two attached hydrogens (primary N) is 1. The van der Waals surface area contributed by atoms with Gasteiger partial charge in [0.1, 0.15) is 17.4 Å². The fraction of sp³-hybridized carbons (Fsp3) is 0.222. The number of hydrogen-bond donors (Lipinski definition) is 1. The molecule has 0 spiro atoms. The highest BCUT2D eigenvalue weighted by Crippen LogP contribution is 2.43. The molecule has 1 aliphatic heterocycles. The summed E-state index contributed by atoms with van der Waals surface area (Å²) in [6, 6.07) is 9.61. The Morgan fingerprint density at radius 3 is 2.73 bits per heavy atom. The van der Waals surface area contributed by atoms with Crippen LogP contribution in [0.5, 0.6) is 5.75 Å². The maximum absolute atomic E-state index is 13.0. The molecular formula is C18H16N4O4. The van der Waals surface area contributed by atoms with Crippen LogP contribution in [0.2, 0.25) is 0 Å². The third-order valence-electron chi connectivity index (χ3n) is 4.45. The van der Waals surface area contributed by atoms with Crippen molar-refractivity contribution in [2.75, 3.05) is 0 Å². The van der Waals surface area contributed by atoms with Crippen LogP contribution in [0.1, 0.15) is 29.7 Å². The topological polar surface area (TPSA) is 124 Å². The molecule has 8 heteroatoms. The molecule has 0 fully saturated rings. The van der Waals surface area contributed by atoms with Gasteiger partial charge in [0.2, 0.25) is 5.88 Å². The molecule has 1 aromatic carbocycles. The van der Waals surface area contributed by atoms with Crippen LogP contribution in [0, 0.1) is 28.4 Å². The predicted molar refractivity (Wildman–Crippen MR) is 93.5 cm³/mol. The van der Waals surface area contributed by atoms with E-state index < -0.39 is 10.8 Å². The zero-order chi connectivity index (χ0) is 19.0. The molecule has 0 unspecified atom stereocenters. The quantitative estimate of drug-likeness (QED) is 0.667. The standard InChI is InChI=1S/C18H16N4O4/c1-3-21-10(2)8-14-16(18(21)23)15(12(9-19)17(20)26-14)11-6-4-5-7-13(11)22(24)25/h4-8,15H,3,20H2,1-2H3/t15-/m0/s1. The molecule has 0 amide bonds.